The van der Waals surface area contributed by atoms with Crippen molar-refractivity contribution in [2.24, 2.45) is 5.92 Å². The van der Waals surface area contributed by atoms with Gasteiger partial charge in [0, 0.05) is 12.1 Å². The standard InChI is InChI=1S/C15H28F3N/c1-3-4-5-6-9-12(2)19-14-11-8-7-10-13(14)15(16,17)18/h12-14,19H,3-11H2,1-2H3. The zero-order chi connectivity index (χ0) is 14.3. The van der Waals surface area contributed by atoms with E-state index in [1.165, 1.54) is 19.3 Å². The van der Waals surface area contributed by atoms with Gasteiger partial charge in [0.05, 0.1) is 5.92 Å². The molecule has 19 heavy (non-hydrogen) atoms. The molecular formula is C15H28F3N. The molecule has 1 aliphatic rings. The number of alkyl halides is 3. The van der Waals surface area contributed by atoms with Crippen molar-refractivity contribution in [1.29, 1.82) is 0 Å². The lowest BCUT2D eigenvalue weighted by atomic mass is 9.83. The highest BCUT2D eigenvalue weighted by atomic mass is 19.4. The summed E-state index contributed by atoms with van der Waals surface area (Å²) < 4.78 is 38.9. The molecule has 1 rings (SSSR count). The molecule has 3 atom stereocenters. The maximum absolute atomic E-state index is 13.0. The summed E-state index contributed by atoms with van der Waals surface area (Å²) in [4.78, 5) is 0. The van der Waals surface area contributed by atoms with Crippen molar-refractivity contribution < 1.29 is 13.2 Å². The van der Waals surface area contributed by atoms with Gasteiger partial charge in [-0.1, -0.05) is 45.4 Å². The Morgan fingerprint density at radius 1 is 1.11 bits per heavy atom. The van der Waals surface area contributed by atoms with E-state index in [1.807, 2.05) is 6.92 Å². The molecule has 0 heterocycles. The first-order valence-electron chi connectivity index (χ1n) is 7.78. The van der Waals surface area contributed by atoms with E-state index in [1.54, 1.807) is 0 Å². The van der Waals surface area contributed by atoms with Crippen LogP contribution in [-0.2, 0) is 0 Å². The molecule has 0 saturated heterocycles. The van der Waals surface area contributed by atoms with Gasteiger partial charge in [-0.15, -0.1) is 0 Å². The molecule has 0 aromatic rings. The lowest BCUT2D eigenvalue weighted by Gasteiger charge is -2.35. The Labute approximate surface area is 115 Å². The average Bonchev–Trinajstić information content (AvgIpc) is 2.34. The van der Waals surface area contributed by atoms with Gasteiger partial charge < -0.3 is 5.32 Å². The highest BCUT2D eigenvalue weighted by Gasteiger charge is 2.45. The van der Waals surface area contributed by atoms with Gasteiger partial charge in [-0.3, -0.25) is 0 Å². The molecule has 1 nitrogen and oxygen atoms in total. The lowest BCUT2D eigenvalue weighted by Crippen LogP contribution is -2.48. The van der Waals surface area contributed by atoms with E-state index >= 15 is 0 Å². The molecule has 0 amide bonds. The minimum absolute atomic E-state index is 0.199. The first kappa shape index (κ1) is 16.8. The summed E-state index contributed by atoms with van der Waals surface area (Å²) >= 11 is 0. The fraction of sp³-hybridized carbons (Fsp3) is 1.00. The van der Waals surface area contributed by atoms with Crippen molar-refractivity contribution in [2.45, 2.75) is 89.9 Å². The van der Waals surface area contributed by atoms with Crippen LogP contribution < -0.4 is 5.32 Å². The molecular weight excluding hydrogens is 251 g/mol. The van der Waals surface area contributed by atoms with Gasteiger partial charge in [0.2, 0.25) is 0 Å². The fourth-order valence-corrected chi connectivity index (χ4v) is 3.05. The third kappa shape index (κ3) is 6.15. The van der Waals surface area contributed by atoms with Gasteiger partial charge in [-0.25, -0.2) is 0 Å². The Bertz CT molecular complexity index is 240. The van der Waals surface area contributed by atoms with Crippen molar-refractivity contribution in [2.75, 3.05) is 0 Å². The second-order valence-electron chi connectivity index (χ2n) is 5.96. The van der Waals surface area contributed by atoms with Gasteiger partial charge in [0.15, 0.2) is 0 Å². The third-order valence-corrected chi connectivity index (χ3v) is 4.18. The van der Waals surface area contributed by atoms with Crippen LogP contribution >= 0.6 is 0 Å². The van der Waals surface area contributed by atoms with Gasteiger partial charge in [-0.05, 0) is 26.2 Å². The quantitative estimate of drug-likeness (QED) is 0.643. The Kier molecular flexibility index (Phi) is 7.19. The molecule has 0 radical (unpaired) electrons. The molecule has 3 unspecified atom stereocenters. The van der Waals surface area contributed by atoms with Gasteiger partial charge in [-0.2, -0.15) is 13.2 Å². The molecule has 4 heteroatoms. The lowest BCUT2D eigenvalue weighted by molar-refractivity contribution is -0.189. The maximum atomic E-state index is 13.0. The summed E-state index contributed by atoms with van der Waals surface area (Å²) in [5.74, 6) is -1.14. The SMILES string of the molecule is CCCCCCC(C)NC1CCCCC1C(F)(F)F. The van der Waals surface area contributed by atoms with E-state index in [2.05, 4.69) is 12.2 Å². The summed E-state index contributed by atoms with van der Waals surface area (Å²) in [6.45, 7) is 4.19. The number of unbranched alkanes of at least 4 members (excludes halogenated alkanes) is 3. The molecule has 1 N–H and O–H groups in total. The molecule has 1 fully saturated rings. The van der Waals surface area contributed by atoms with Crippen LogP contribution in [0.2, 0.25) is 0 Å². The van der Waals surface area contributed by atoms with Gasteiger partial charge >= 0.3 is 6.18 Å². The monoisotopic (exact) mass is 279 g/mol. The van der Waals surface area contributed by atoms with Crippen LogP contribution in [-0.4, -0.2) is 18.3 Å². The van der Waals surface area contributed by atoms with Gasteiger partial charge in [0.1, 0.15) is 0 Å². The Morgan fingerprint density at radius 3 is 2.42 bits per heavy atom. The Hall–Kier alpha value is -0.250. The first-order valence-corrected chi connectivity index (χ1v) is 7.78. The van der Waals surface area contributed by atoms with E-state index in [4.69, 9.17) is 0 Å². The van der Waals surface area contributed by atoms with E-state index < -0.39 is 12.1 Å². The summed E-state index contributed by atoms with van der Waals surface area (Å²) in [6, 6.07) is -0.167. The second kappa shape index (κ2) is 8.13. The predicted octanol–water partition coefficient (Wildman–Crippen LogP) is 5.06. The van der Waals surface area contributed by atoms with Crippen LogP contribution in [0.4, 0.5) is 13.2 Å². The number of rotatable bonds is 7. The molecule has 1 saturated carbocycles. The second-order valence-corrected chi connectivity index (χ2v) is 5.96. The van der Waals surface area contributed by atoms with Crippen molar-refractivity contribution in [3.8, 4) is 0 Å². The van der Waals surface area contributed by atoms with E-state index in [9.17, 15) is 13.2 Å². The zero-order valence-electron chi connectivity index (χ0n) is 12.2. The van der Waals surface area contributed by atoms with E-state index in [0.717, 1.165) is 19.3 Å². The van der Waals surface area contributed by atoms with Crippen molar-refractivity contribution in [3.63, 3.8) is 0 Å². The highest BCUT2D eigenvalue weighted by Crippen LogP contribution is 2.37. The van der Waals surface area contributed by atoms with Crippen LogP contribution in [0.1, 0.15) is 71.6 Å². The summed E-state index contributed by atoms with van der Waals surface area (Å²) in [5, 5.41) is 3.23. The largest absolute Gasteiger partial charge is 0.393 e. The molecule has 0 aromatic carbocycles. The van der Waals surface area contributed by atoms with E-state index in [-0.39, 0.29) is 12.1 Å². The minimum atomic E-state index is -4.04. The predicted molar refractivity (Wildman–Crippen MR) is 73.2 cm³/mol. The number of nitrogens with one attached hydrogen (secondary N) is 1. The highest BCUT2D eigenvalue weighted by molar-refractivity contribution is 4.86. The number of hydrogen-bond donors (Lipinski definition) is 1. The summed E-state index contributed by atoms with van der Waals surface area (Å²) in [7, 11) is 0. The van der Waals surface area contributed by atoms with Gasteiger partial charge in [0.25, 0.3) is 0 Å². The molecule has 114 valence electrons. The summed E-state index contributed by atoms with van der Waals surface area (Å²) in [6.07, 6.45) is 4.28. The first-order chi connectivity index (χ1) is 8.95. The van der Waals surface area contributed by atoms with Crippen LogP contribution in [0.15, 0.2) is 0 Å². The molecule has 0 aromatic heterocycles. The smallest absolute Gasteiger partial charge is 0.311 e. The maximum Gasteiger partial charge on any atom is 0.393 e. The van der Waals surface area contributed by atoms with Crippen LogP contribution in [0, 0.1) is 5.92 Å². The van der Waals surface area contributed by atoms with Crippen molar-refractivity contribution in [3.05, 3.63) is 0 Å². The van der Waals surface area contributed by atoms with Crippen LogP contribution in [0.5, 0.6) is 0 Å². The molecule has 0 bridgehead atoms. The number of hydrogen-bond acceptors (Lipinski definition) is 1. The Morgan fingerprint density at radius 2 is 1.79 bits per heavy atom. The zero-order valence-corrected chi connectivity index (χ0v) is 12.2. The third-order valence-electron chi connectivity index (χ3n) is 4.18. The Balaban J connectivity index is 2.35. The topological polar surface area (TPSA) is 12.0 Å². The van der Waals surface area contributed by atoms with E-state index in [0.29, 0.717) is 19.3 Å². The van der Waals surface area contributed by atoms with Crippen molar-refractivity contribution >= 4 is 0 Å². The fourth-order valence-electron chi connectivity index (χ4n) is 3.05. The van der Waals surface area contributed by atoms with Crippen LogP contribution in [0.3, 0.4) is 0 Å². The van der Waals surface area contributed by atoms with Crippen molar-refractivity contribution in [1.82, 2.24) is 5.32 Å². The summed E-state index contributed by atoms with van der Waals surface area (Å²) in [5.41, 5.74) is 0. The minimum Gasteiger partial charge on any atom is -0.311 e. The normalized spacial score (nSPS) is 26.4. The van der Waals surface area contributed by atoms with Crippen LogP contribution in [0.25, 0.3) is 0 Å². The molecule has 0 aliphatic heterocycles. The number of halogens is 3. The molecule has 0 spiro atoms. The molecule has 1 aliphatic carbocycles. The average molecular weight is 279 g/mol.